The summed E-state index contributed by atoms with van der Waals surface area (Å²) in [6, 6.07) is 5.77. The molecule has 2 atom stereocenters. The zero-order chi connectivity index (χ0) is 22.1. The third-order valence-electron chi connectivity index (χ3n) is 5.39. The third kappa shape index (κ3) is 6.50. The highest BCUT2D eigenvalue weighted by atomic mass is 15.0. The largest absolute Gasteiger partial charge is 0.385 e. The van der Waals surface area contributed by atoms with Crippen LogP contribution in [0.15, 0.2) is 59.3 Å². The molecule has 0 aromatic heterocycles. The summed E-state index contributed by atoms with van der Waals surface area (Å²) in [6.07, 6.45) is 6.65. The molecule has 1 saturated carbocycles. The molecule has 0 spiro atoms. The number of nitrogens with two attached hydrogens (primary N) is 2. The van der Waals surface area contributed by atoms with Crippen LogP contribution >= 0.6 is 0 Å². The molecular weight excluding hydrogens is 371 g/mol. The molecule has 0 bridgehead atoms. The Kier molecular flexibility index (Phi) is 9.21. The molecule has 0 aliphatic heterocycles. The van der Waals surface area contributed by atoms with Crippen molar-refractivity contribution in [2.75, 3.05) is 18.9 Å². The zero-order valence-corrected chi connectivity index (χ0v) is 18.5. The van der Waals surface area contributed by atoms with Gasteiger partial charge in [0.05, 0.1) is 12.4 Å². The van der Waals surface area contributed by atoms with Gasteiger partial charge in [0, 0.05) is 30.7 Å². The van der Waals surface area contributed by atoms with Crippen molar-refractivity contribution in [3.8, 4) is 0 Å². The zero-order valence-electron chi connectivity index (χ0n) is 18.5. The van der Waals surface area contributed by atoms with Crippen molar-refractivity contribution < 1.29 is 0 Å². The van der Waals surface area contributed by atoms with Crippen LogP contribution in [0.5, 0.6) is 0 Å². The summed E-state index contributed by atoms with van der Waals surface area (Å²) in [6.45, 7) is 13.0. The van der Waals surface area contributed by atoms with Crippen LogP contribution in [0.25, 0.3) is 0 Å². The van der Waals surface area contributed by atoms with Gasteiger partial charge in [-0.25, -0.2) is 0 Å². The van der Waals surface area contributed by atoms with Crippen molar-refractivity contribution in [1.29, 1.82) is 0 Å². The Balaban J connectivity index is 2.26. The molecule has 1 aliphatic carbocycles. The molecule has 0 amide bonds. The molecule has 7 heteroatoms. The predicted molar refractivity (Wildman–Crippen MR) is 131 cm³/mol. The summed E-state index contributed by atoms with van der Waals surface area (Å²) < 4.78 is 0. The molecule has 0 saturated heterocycles. The van der Waals surface area contributed by atoms with E-state index in [1.165, 1.54) is 12.8 Å². The van der Waals surface area contributed by atoms with Gasteiger partial charge in [-0.05, 0) is 48.4 Å². The van der Waals surface area contributed by atoms with E-state index in [1.54, 1.807) is 13.4 Å². The first-order valence-electron chi connectivity index (χ1n) is 10.6. The summed E-state index contributed by atoms with van der Waals surface area (Å²) in [7, 11) is 3.65. The molecule has 30 heavy (non-hydrogen) atoms. The summed E-state index contributed by atoms with van der Waals surface area (Å²) in [4.78, 5) is 3.96. The third-order valence-corrected chi connectivity index (χ3v) is 5.39. The number of allylic oxidation sites excluding steroid dienone is 1. The minimum atomic E-state index is -0.339. The topological polar surface area (TPSA) is 100 Å². The number of anilines is 1. The van der Waals surface area contributed by atoms with Gasteiger partial charge in [-0.15, -0.1) is 6.58 Å². The number of aliphatic imine (C=N–C) groups is 1. The van der Waals surface area contributed by atoms with Gasteiger partial charge >= 0.3 is 0 Å². The van der Waals surface area contributed by atoms with Gasteiger partial charge in [0.15, 0.2) is 0 Å². The van der Waals surface area contributed by atoms with E-state index in [0.29, 0.717) is 12.5 Å². The SMILES string of the molecule is C=C(NC/C=C(/Nc1cccc(C(N)NC=NC)c1CC)C(N)C(=C)[B]C)C1CC1. The van der Waals surface area contributed by atoms with Crippen LogP contribution in [-0.4, -0.2) is 33.3 Å². The van der Waals surface area contributed by atoms with Crippen molar-refractivity contribution in [2.24, 2.45) is 22.4 Å². The number of benzene rings is 1. The molecule has 1 aliphatic rings. The van der Waals surface area contributed by atoms with E-state index in [9.17, 15) is 0 Å². The first-order chi connectivity index (χ1) is 14.4. The predicted octanol–water partition coefficient (Wildman–Crippen LogP) is 2.86. The lowest BCUT2D eigenvalue weighted by molar-refractivity contribution is 0.681. The Morgan fingerprint density at radius 3 is 2.67 bits per heavy atom. The van der Waals surface area contributed by atoms with E-state index in [2.05, 4.69) is 53.2 Å². The molecule has 1 fully saturated rings. The molecule has 7 N–H and O–H groups in total. The highest BCUT2D eigenvalue weighted by Gasteiger charge is 2.24. The summed E-state index contributed by atoms with van der Waals surface area (Å²) in [5, 5.41) is 10.1. The quantitative estimate of drug-likeness (QED) is 0.150. The van der Waals surface area contributed by atoms with Gasteiger partial charge in [0.2, 0.25) is 0 Å². The molecular formula is C23H36BN6. The molecule has 1 aromatic carbocycles. The van der Waals surface area contributed by atoms with Crippen molar-refractivity contribution in [3.63, 3.8) is 0 Å². The standard InChI is InChI=1S/C23H36BN6/c1-6-18-19(23(26)29-14-27-5)8-7-9-20(18)30-21(22(25)15(2)24-4)12-13-28-16(3)17-10-11-17/h7-9,12,14,17,22-23,28,30H,2-3,6,10-11,13,25-26H2,1,4-5H3,(H,27,29)/b21-12+. The summed E-state index contributed by atoms with van der Waals surface area (Å²) in [5.74, 6) is 0.617. The van der Waals surface area contributed by atoms with Crippen molar-refractivity contribution in [3.05, 3.63) is 65.4 Å². The molecule has 2 unspecified atom stereocenters. The van der Waals surface area contributed by atoms with Crippen LogP contribution in [0.3, 0.4) is 0 Å². The lowest BCUT2D eigenvalue weighted by Crippen LogP contribution is -2.32. The molecule has 2 rings (SSSR count). The molecule has 1 aromatic rings. The minimum Gasteiger partial charge on any atom is -0.385 e. The van der Waals surface area contributed by atoms with Gasteiger partial charge in [0.25, 0.3) is 0 Å². The Hall–Kier alpha value is -2.51. The highest BCUT2D eigenvalue weighted by molar-refractivity contribution is 6.44. The number of nitrogens with zero attached hydrogens (tertiary/aromatic N) is 1. The second kappa shape index (κ2) is 11.6. The normalized spacial score (nSPS) is 16.1. The number of rotatable bonds is 13. The monoisotopic (exact) mass is 407 g/mol. The van der Waals surface area contributed by atoms with Gasteiger partial charge in [0.1, 0.15) is 13.4 Å². The minimum absolute atomic E-state index is 0.321. The van der Waals surface area contributed by atoms with Crippen molar-refractivity contribution >= 4 is 19.3 Å². The van der Waals surface area contributed by atoms with E-state index >= 15 is 0 Å². The average molecular weight is 407 g/mol. The number of hydrogen-bond donors (Lipinski definition) is 5. The average Bonchev–Trinajstić information content (AvgIpc) is 3.60. The molecule has 6 nitrogen and oxygen atoms in total. The Morgan fingerprint density at radius 1 is 1.33 bits per heavy atom. The Bertz CT molecular complexity index is 797. The lowest BCUT2D eigenvalue weighted by atomic mass is 9.69. The Morgan fingerprint density at radius 2 is 2.07 bits per heavy atom. The van der Waals surface area contributed by atoms with Crippen LogP contribution in [0, 0.1) is 5.92 Å². The van der Waals surface area contributed by atoms with Gasteiger partial charge in [-0.1, -0.05) is 37.9 Å². The fourth-order valence-electron chi connectivity index (χ4n) is 3.31. The number of hydrogen-bond acceptors (Lipinski definition) is 5. The van der Waals surface area contributed by atoms with Gasteiger partial charge < -0.3 is 27.4 Å². The molecule has 1 radical (unpaired) electrons. The maximum absolute atomic E-state index is 6.50. The van der Waals surface area contributed by atoms with Crippen molar-refractivity contribution in [1.82, 2.24) is 10.6 Å². The maximum Gasteiger partial charge on any atom is 0.144 e. The first-order valence-corrected chi connectivity index (χ1v) is 10.6. The molecule has 161 valence electrons. The summed E-state index contributed by atoms with van der Waals surface area (Å²) >= 11 is 0. The van der Waals surface area contributed by atoms with Gasteiger partial charge in [-0.3, -0.25) is 4.99 Å². The smallest absolute Gasteiger partial charge is 0.144 e. The molecule has 0 heterocycles. The second-order valence-electron chi connectivity index (χ2n) is 7.56. The maximum atomic E-state index is 6.50. The highest BCUT2D eigenvalue weighted by Crippen LogP contribution is 2.34. The summed E-state index contributed by atoms with van der Waals surface area (Å²) in [5.41, 5.74) is 18.8. The van der Waals surface area contributed by atoms with Crippen molar-refractivity contribution in [2.45, 2.75) is 45.2 Å². The van der Waals surface area contributed by atoms with E-state index in [1.807, 2.05) is 26.2 Å². The van der Waals surface area contributed by atoms with Crippen LogP contribution in [0.1, 0.15) is 37.1 Å². The van der Waals surface area contributed by atoms with Crippen LogP contribution in [0.4, 0.5) is 5.69 Å². The fourth-order valence-corrected chi connectivity index (χ4v) is 3.31. The van der Waals surface area contributed by atoms with E-state index in [0.717, 1.165) is 40.1 Å². The van der Waals surface area contributed by atoms with E-state index in [4.69, 9.17) is 11.5 Å². The van der Waals surface area contributed by atoms with Crippen LogP contribution < -0.4 is 27.4 Å². The lowest BCUT2D eigenvalue weighted by Gasteiger charge is -2.24. The number of nitrogens with one attached hydrogen (secondary N) is 3. The van der Waals surface area contributed by atoms with E-state index in [-0.39, 0.29) is 12.2 Å². The first kappa shape index (κ1) is 23.8. The van der Waals surface area contributed by atoms with Crippen LogP contribution in [0.2, 0.25) is 6.82 Å². The van der Waals surface area contributed by atoms with Crippen LogP contribution in [-0.2, 0) is 6.42 Å². The second-order valence-corrected chi connectivity index (χ2v) is 7.56. The Labute approximate surface area is 182 Å². The fraction of sp³-hybridized carbons (Fsp3) is 0.435. The van der Waals surface area contributed by atoms with Gasteiger partial charge in [-0.2, -0.15) is 0 Å². The van der Waals surface area contributed by atoms with E-state index < -0.39 is 0 Å².